The molecule has 0 saturated carbocycles. The summed E-state index contributed by atoms with van der Waals surface area (Å²) in [4.78, 5) is 14.7. The molecule has 160 valence electrons. The van der Waals surface area contributed by atoms with Crippen molar-refractivity contribution in [3.05, 3.63) is 53.7 Å². The zero-order valence-corrected chi connectivity index (χ0v) is 17.6. The summed E-state index contributed by atoms with van der Waals surface area (Å²) in [6.45, 7) is 5.97. The Morgan fingerprint density at radius 2 is 1.97 bits per heavy atom. The van der Waals surface area contributed by atoms with Gasteiger partial charge < -0.3 is 15.0 Å². The highest BCUT2D eigenvalue weighted by Crippen LogP contribution is 2.29. The van der Waals surface area contributed by atoms with Crippen LogP contribution in [-0.2, 0) is 6.54 Å². The van der Waals surface area contributed by atoms with Crippen LogP contribution in [0.15, 0.2) is 36.4 Å². The first-order valence-corrected chi connectivity index (χ1v) is 9.81. The third-order valence-electron chi connectivity index (χ3n) is 4.44. The highest BCUT2D eigenvalue weighted by Gasteiger charge is 2.19. The Morgan fingerprint density at radius 1 is 1.20 bits per heavy atom. The lowest BCUT2D eigenvalue weighted by atomic mass is 10.1. The molecule has 1 heterocycles. The monoisotopic (exact) mass is 416 g/mol. The predicted molar refractivity (Wildman–Crippen MR) is 112 cm³/mol. The van der Waals surface area contributed by atoms with Crippen LogP contribution in [0.25, 0.3) is 10.9 Å². The molecule has 2 aromatic carbocycles. The summed E-state index contributed by atoms with van der Waals surface area (Å²) in [6, 6.07) is 8.24. The van der Waals surface area contributed by atoms with Gasteiger partial charge in [-0.2, -0.15) is 5.10 Å². The van der Waals surface area contributed by atoms with E-state index in [4.69, 9.17) is 4.74 Å². The molecular formula is C22H26F2N4O2. The Labute approximate surface area is 174 Å². The number of carbonyl (C=O) groups is 1. The maximum Gasteiger partial charge on any atom is 0.272 e. The highest BCUT2D eigenvalue weighted by molar-refractivity contribution is 6.05. The molecule has 0 aliphatic rings. The Hall–Kier alpha value is -3.00. The molecule has 0 aliphatic heterocycles. The Morgan fingerprint density at radius 3 is 2.63 bits per heavy atom. The summed E-state index contributed by atoms with van der Waals surface area (Å²) in [5.74, 6) is -1.19. The first-order chi connectivity index (χ1) is 14.2. The number of aromatic nitrogens is 2. The second-order valence-corrected chi connectivity index (χ2v) is 7.84. The van der Waals surface area contributed by atoms with Crippen LogP contribution in [0.3, 0.4) is 0 Å². The van der Waals surface area contributed by atoms with Crippen LogP contribution in [0.4, 0.5) is 8.78 Å². The van der Waals surface area contributed by atoms with Crippen molar-refractivity contribution in [2.75, 3.05) is 27.2 Å². The molecule has 0 radical (unpaired) electrons. The number of benzene rings is 2. The maximum absolute atomic E-state index is 14.0. The number of nitrogens with zero attached hydrogens (tertiary/aromatic N) is 3. The van der Waals surface area contributed by atoms with Crippen LogP contribution in [0, 0.1) is 17.6 Å². The average Bonchev–Trinajstić information content (AvgIpc) is 3.01. The quantitative estimate of drug-likeness (QED) is 0.602. The number of ether oxygens (including phenoxy) is 1. The molecule has 6 nitrogen and oxygen atoms in total. The maximum atomic E-state index is 14.0. The van der Waals surface area contributed by atoms with Gasteiger partial charge in [-0.3, -0.25) is 9.48 Å². The molecule has 1 amide bonds. The summed E-state index contributed by atoms with van der Waals surface area (Å²) in [5, 5.41) is 8.00. The molecule has 1 aromatic heterocycles. The molecular weight excluding hydrogens is 390 g/mol. The lowest BCUT2D eigenvalue weighted by Gasteiger charge is -2.10. The first-order valence-electron chi connectivity index (χ1n) is 9.81. The van der Waals surface area contributed by atoms with Crippen molar-refractivity contribution in [3.8, 4) is 11.5 Å². The van der Waals surface area contributed by atoms with Crippen molar-refractivity contribution < 1.29 is 18.3 Å². The Balaban J connectivity index is 1.95. The summed E-state index contributed by atoms with van der Waals surface area (Å²) >= 11 is 0. The fourth-order valence-electron chi connectivity index (χ4n) is 3.04. The van der Waals surface area contributed by atoms with E-state index in [9.17, 15) is 13.6 Å². The molecule has 0 spiro atoms. The van der Waals surface area contributed by atoms with Gasteiger partial charge in [0, 0.05) is 31.1 Å². The first kappa shape index (κ1) is 21.7. The van der Waals surface area contributed by atoms with Crippen LogP contribution in [0.2, 0.25) is 0 Å². The van der Waals surface area contributed by atoms with Crippen molar-refractivity contribution in [1.29, 1.82) is 0 Å². The van der Waals surface area contributed by atoms with Gasteiger partial charge in [0.15, 0.2) is 17.3 Å². The molecule has 0 saturated heterocycles. The van der Waals surface area contributed by atoms with Gasteiger partial charge in [-0.25, -0.2) is 8.78 Å². The number of carbonyl (C=O) groups excluding carboxylic acids is 1. The standard InChI is InChI=1S/C22H26F2N4O2/c1-14(2)13-28-19-7-6-16(30-20-8-5-15(23)11-18(20)24)12-17(19)21(26-28)22(29)25-9-10-27(3)4/h5-8,11-12,14H,9-10,13H2,1-4H3,(H,25,29). The SMILES string of the molecule is CC(C)Cn1nc(C(=O)NCCN(C)C)c2cc(Oc3ccc(F)cc3F)ccc21. The molecule has 0 unspecified atom stereocenters. The van der Waals surface area contributed by atoms with Gasteiger partial charge in [-0.1, -0.05) is 13.8 Å². The van der Waals surface area contributed by atoms with E-state index in [1.165, 1.54) is 6.07 Å². The van der Waals surface area contributed by atoms with Crippen LogP contribution in [-0.4, -0.2) is 47.8 Å². The predicted octanol–water partition coefficient (Wildman–Crippen LogP) is 4.05. The number of amides is 1. The molecule has 0 fully saturated rings. The van der Waals surface area contributed by atoms with E-state index in [0.29, 0.717) is 36.7 Å². The molecule has 0 atom stereocenters. The minimum Gasteiger partial charge on any atom is -0.454 e. The second kappa shape index (κ2) is 9.21. The molecule has 1 N–H and O–H groups in total. The Kier molecular flexibility index (Phi) is 6.66. The van der Waals surface area contributed by atoms with E-state index in [1.807, 2.05) is 19.0 Å². The minimum atomic E-state index is -0.799. The zero-order valence-electron chi connectivity index (χ0n) is 17.6. The number of rotatable bonds is 8. The van der Waals surface area contributed by atoms with Crippen LogP contribution in [0.5, 0.6) is 11.5 Å². The summed E-state index contributed by atoms with van der Waals surface area (Å²) in [7, 11) is 3.86. The zero-order chi connectivity index (χ0) is 21.8. The highest BCUT2D eigenvalue weighted by atomic mass is 19.1. The van der Waals surface area contributed by atoms with E-state index in [2.05, 4.69) is 24.3 Å². The van der Waals surface area contributed by atoms with Gasteiger partial charge in [-0.15, -0.1) is 0 Å². The van der Waals surface area contributed by atoms with Crippen LogP contribution < -0.4 is 10.1 Å². The fraction of sp³-hybridized carbons (Fsp3) is 0.364. The van der Waals surface area contributed by atoms with Crippen molar-refractivity contribution in [2.45, 2.75) is 20.4 Å². The van der Waals surface area contributed by atoms with E-state index in [-0.39, 0.29) is 17.4 Å². The number of fused-ring (bicyclic) bond motifs is 1. The summed E-state index contributed by atoms with van der Waals surface area (Å²) in [5.41, 5.74) is 1.07. The largest absolute Gasteiger partial charge is 0.454 e. The van der Waals surface area contributed by atoms with Crippen molar-refractivity contribution in [1.82, 2.24) is 20.0 Å². The van der Waals surface area contributed by atoms with Gasteiger partial charge >= 0.3 is 0 Å². The lowest BCUT2D eigenvalue weighted by Crippen LogP contribution is -2.31. The average molecular weight is 416 g/mol. The van der Waals surface area contributed by atoms with E-state index in [1.54, 1.807) is 22.9 Å². The molecule has 30 heavy (non-hydrogen) atoms. The molecule has 3 rings (SSSR count). The van der Waals surface area contributed by atoms with E-state index < -0.39 is 11.6 Å². The van der Waals surface area contributed by atoms with Crippen LogP contribution >= 0.6 is 0 Å². The van der Waals surface area contributed by atoms with Gasteiger partial charge in [0.1, 0.15) is 11.6 Å². The van der Waals surface area contributed by atoms with Crippen molar-refractivity contribution in [2.24, 2.45) is 5.92 Å². The smallest absolute Gasteiger partial charge is 0.272 e. The summed E-state index contributed by atoms with van der Waals surface area (Å²) in [6.07, 6.45) is 0. The molecule has 0 aliphatic carbocycles. The van der Waals surface area contributed by atoms with Crippen molar-refractivity contribution in [3.63, 3.8) is 0 Å². The number of likely N-dealkylation sites (N-methyl/N-ethyl adjacent to an activating group) is 1. The van der Waals surface area contributed by atoms with E-state index in [0.717, 1.165) is 17.6 Å². The third kappa shape index (κ3) is 5.13. The topological polar surface area (TPSA) is 59.4 Å². The van der Waals surface area contributed by atoms with Gasteiger partial charge in [-0.05, 0) is 50.3 Å². The van der Waals surface area contributed by atoms with Gasteiger partial charge in [0.2, 0.25) is 0 Å². The molecule has 0 bridgehead atoms. The fourth-order valence-corrected chi connectivity index (χ4v) is 3.04. The second-order valence-electron chi connectivity index (χ2n) is 7.84. The van der Waals surface area contributed by atoms with E-state index >= 15 is 0 Å². The number of nitrogens with one attached hydrogen (secondary N) is 1. The normalized spacial score (nSPS) is 11.5. The van der Waals surface area contributed by atoms with Crippen LogP contribution in [0.1, 0.15) is 24.3 Å². The third-order valence-corrected chi connectivity index (χ3v) is 4.44. The number of hydrogen-bond acceptors (Lipinski definition) is 4. The number of halogens is 2. The Bertz CT molecular complexity index is 1050. The summed E-state index contributed by atoms with van der Waals surface area (Å²) < 4.78 is 34.5. The number of hydrogen-bond donors (Lipinski definition) is 1. The lowest BCUT2D eigenvalue weighted by molar-refractivity contribution is 0.0946. The minimum absolute atomic E-state index is 0.0951. The van der Waals surface area contributed by atoms with Crippen molar-refractivity contribution >= 4 is 16.8 Å². The van der Waals surface area contributed by atoms with Gasteiger partial charge in [0.25, 0.3) is 5.91 Å². The van der Waals surface area contributed by atoms with Gasteiger partial charge in [0.05, 0.1) is 5.52 Å². The molecule has 8 heteroatoms. The molecule has 3 aromatic rings.